The largest absolute Gasteiger partial charge is 0.355 e. The number of nitrogens with one attached hydrogen (secondary N) is 1. The van der Waals surface area contributed by atoms with Crippen LogP contribution in [0.4, 0.5) is 15.8 Å². The second-order valence-electron chi connectivity index (χ2n) is 5.03. The summed E-state index contributed by atoms with van der Waals surface area (Å²) >= 11 is 0. The van der Waals surface area contributed by atoms with Gasteiger partial charge in [0.1, 0.15) is 5.82 Å². The Morgan fingerprint density at radius 2 is 1.48 bits per heavy atom. The summed E-state index contributed by atoms with van der Waals surface area (Å²) in [5, 5.41) is 3.34. The van der Waals surface area contributed by atoms with Gasteiger partial charge < -0.3 is 5.32 Å². The SMILES string of the molecule is Cc1ccc(-c2ccccc2)cc1Nc1ccc(F)cc1. The molecule has 1 nitrogen and oxygen atoms in total. The Balaban J connectivity index is 1.93. The van der Waals surface area contributed by atoms with Gasteiger partial charge in [0.05, 0.1) is 0 Å². The van der Waals surface area contributed by atoms with Gasteiger partial charge in [0.15, 0.2) is 0 Å². The molecule has 2 heteroatoms. The van der Waals surface area contributed by atoms with Crippen molar-refractivity contribution in [3.63, 3.8) is 0 Å². The lowest BCUT2D eigenvalue weighted by molar-refractivity contribution is 0.628. The lowest BCUT2D eigenvalue weighted by Gasteiger charge is -2.12. The van der Waals surface area contributed by atoms with E-state index >= 15 is 0 Å². The minimum atomic E-state index is -0.227. The molecule has 0 aliphatic carbocycles. The Morgan fingerprint density at radius 3 is 2.19 bits per heavy atom. The number of rotatable bonds is 3. The summed E-state index contributed by atoms with van der Waals surface area (Å²) in [6.45, 7) is 2.06. The van der Waals surface area contributed by atoms with Gasteiger partial charge >= 0.3 is 0 Å². The van der Waals surface area contributed by atoms with Gasteiger partial charge in [0.2, 0.25) is 0 Å². The van der Waals surface area contributed by atoms with Gasteiger partial charge in [-0.2, -0.15) is 0 Å². The number of anilines is 2. The Hall–Kier alpha value is -2.61. The van der Waals surface area contributed by atoms with Gasteiger partial charge in [0, 0.05) is 11.4 Å². The molecule has 0 heterocycles. The molecule has 0 spiro atoms. The third-order valence-electron chi connectivity index (χ3n) is 3.47. The van der Waals surface area contributed by atoms with Crippen molar-refractivity contribution in [2.75, 3.05) is 5.32 Å². The Kier molecular flexibility index (Phi) is 3.69. The fourth-order valence-electron chi connectivity index (χ4n) is 2.26. The van der Waals surface area contributed by atoms with Gasteiger partial charge in [0.25, 0.3) is 0 Å². The van der Waals surface area contributed by atoms with E-state index in [-0.39, 0.29) is 5.82 Å². The maximum atomic E-state index is 13.0. The minimum absolute atomic E-state index is 0.227. The first-order valence-electron chi connectivity index (χ1n) is 6.91. The second kappa shape index (κ2) is 5.80. The van der Waals surface area contributed by atoms with Crippen LogP contribution in [-0.2, 0) is 0 Å². The third-order valence-corrected chi connectivity index (χ3v) is 3.47. The molecule has 0 saturated carbocycles. The van der Waals surface area contributed by atoms with Crippen molar-refractivity contribution in [3.05, 3.63) is 84.2 Å². The van der Waals surface area contributed by atoms with Crippen molar-refractivity contribution in [2.45, 2.75) is 6.92 Å². The van der Waals surface area contributed by atoms with Crippen molar-refractivity contribution in [1.82, 2.24) is 0 Å². The summed E-state index contributed by atoms with van der Waals surface area (Å²) < 4.78 is 13.0. The third kappa shape index (κ3) is 3.11. The predicted octanol–water partition coefficient (Wildman–Crippen LogP) is 5.54. The molecule has 21 heavy (non-hydrogen) atoms. The van der Waals surface area contributed by atoms with E-state index in [0.717, 1.165) is 22.5 Å². The highest BCUT2D eigenvalue weighted by molar-refractivity contribution is 5.73. The van der Waals surface area contributed by atoms with Crippen LogP contribution in [0.1, 0.15) is 5.56 Å². The highest BCUT2D eigenvalue weighted by atomic mass is 19.1. The zero-order chi connectivity index (χ0) is 14.7. The number of benzene rings is 3. The first-order valence-corrected chi connectivity index (χ1v) is 6.91. The molecule has 104 valence electrons. The number of hydrogen-bond donors (Lipinski definition) is 1. The first-order chi connectivity index (χ1) is 10.2. The molecular weight excluding hydrogens is 261 g/mol. The van der Waals surface area contributed by atoms with Crippen LogP contribution in [0.15, 0.2) is 72.8 Å². The molecule has 3 aromatic carbocycles. The number of aryl methyl sites for hydroxylation is 1. The highest BCUT2D eigenvalue weighted by Crippen LogP contribution is 2.27. The average Bonchev–Trinajstić information content (AvgIpc) is 2.52. The molecule has 0 unspecified atom stereocenters. The predicted molar refractivity (Wildman–Crippen MR) is 86.3 cm³/mol. The van der Waals surface area contributed by atoms with Crippen molar-refractivity contribution in [2.24, 2.45) is 0 Å². The standard InChI is InChI=1S/C19H16FN/c1-14-7-8-16(15-5-3-2-4-6-15)13-19(14)21-18-11-9-17(20)10-12-18/h2-13,21H,1H3. The van der Waals surface area contributed by atoms with Crippen LogP contribution < -0.4 is 5.32 Å². The second-order valence-corrected chi connectivity index (χ2v) is 5.03. The summed E-state index contributed by atoms with van der Waals surface area (Å²) in [7, 11) is 0. The molecule has 0 saturated heterocycles. The van der Waals surface area contributed by atoms with Crippen LogP contribution in [0, 0.1) is 12.7 Å². The average molecular weight is 277 g/mol. The van der Waals surface area contributed by atoms with Crippen LogP contribution in [-0.4, -0.2) is 0 Å². The molecule has 0 fully saturated rings. The molecule has 0 bridgehead atoms. The maximum absolute atomic E-state index is 13.0. The van der Waals surface area contributed by atoms with Crippen molar-refractivity contribution < 1.29 is 4.39 Å². The smallest absolute Gasteiger partial charge is 0.123 e. The maximum Gasteiger partial charge on any atom is 0.123 e. The lowest BCUT2D eigenvalue weighted by Crippen LogP contribution is -1.94. The van der Waals surface area contributed by atoms with E-state index < -0.39 is 0 Å². The summed E-state index contributed by atoms with van der Waals surface area (Å²) in [4.78, 5) is 0. The molecule has 0 atom stereocenters. The first kappa shape index (κ1) is 13.4. The van der Waals surface area contributed by atoms with Gasteiger partial charge in [-0.1, -0.05) is 42.5 Å². The van der Waals surface area contributed by atoms with E-state index in [1.807, 2.05) is 18.2 Å². The molecule has 3 rings (SSSR count). The summed E-state index contributed by atoms with van der Waals surface area (Å²) in [6.07, 6.45) is 0. The normalized spacial score (nSPS) is 10.4. The van der Waals surface area contributed by atoms with E-state index in [4.69, 9.17) is 0 Å². The molecule has 0 aliphatic rings. The van der Waals surface area contributed by atoms with Gasteiger partial charge in [-0.25, -0.2) is 4.39 Å². The number of hydrogen-bond acceptors (Lipinski definition) is 1. The van der Waals surface area contributed by atoms with Gasteiger partial charge in [-0.3, -0.25) is 0 Å². The molecule has 1 N–H and O–H groups in total. The topological polar surface area (TPSA) is 12.0 Å². The Morgan fingerprint density at radius 1 is 0.762 bits per heavy atom. The van der Waals surface area contributed by atoms with Crippen LogP contribution >= 0.6 is 0 Å². The van der Waals surface area contributed by atoms with E-state index in [1.54, 1.807) is 12.1 Å². The Bertz CT molecular complexity index is 733. The molecular formula is C19H16FN. The van der Waals surface area contributed by atoms with E-state index in [1.165, 1.54) is 17.7 Å². The Labute approximate surface area is 124 Å². The van der Waals surface area contributed by atoms with Crippen LogP contribution in [0.3, 0.4) is 0 Å². The molecule has 0 amide bonds. The monoisotopic (exact) mass is 277 g/mol. The quantitative estimate of drug-likeness (QED) is 0.662. The zero-order valence-electron chi connectivity index (χ0n) is 11.8. The fraction of sp³-hybridized carbons (Fsp3) is 0.0526. The molecule has 3 aromatic rings. The highest BCUT2D eigenvalue weighted by Gasteiger charge is 2.03. The van der Waals surface area contributed by atoms with Crippen LogP contribution in [0.5, 0.6) is 0 Å². The van der Waals surface area contributed by atoms with E-state index in [9.17, 15) is 4.39 Å². The molecule has 0 aromatic heterocycles. The zero-order valence-corrected chi connectivity index (χ0v) is 11.8. The summed E-state index contributed by atoms with van der Waals surface area (Å²) in [5.41, 5.74) is 5.40. The van der Waals surface area contributed by atoms with Gasteiger partial charge in [-0.05, 0) is 53.9 Å². The lowest BCUT2D eigenvalue weighted by atomic mass is 10.0. The number of halogens is 1. The summed E-state index contributed by atoms with van der Waals surface area (Å²) in [6, 6.07) is 23.0. The fourth-order valence-corrected chi connectivity index (χ4v) is 2.26. The van der Waals surface area contributed by atoms with Crippen LogP contribution in [0.25, 0.3) is 11.1 Å². The van der Waals surface area contributed by atoms with Gasteiger partial charge in [-0.15, -0.1) is 0 Å². The van der Waals surface area contributed by atoms with Crippen molar-refractivity contribution >= 4 is 11.4 Å². The van der Waals surface area contributed by atoms with Crippen LogP contribution in [0.2, 0.25) is 0 Å². The minimum Gasteiger partial charge on any atom is -0.355 e. The van der Waals surface area contributed by atoms with E-state index in [2.05, 4.69) is 42.6 Å². The van der Waals surface area contributed by atoms with Crippen molar-refractivity contribution in [3.8, 4) is 11.1 Å². The van der Waals surface area contributed by atoms with E-state index in [0.29, 0.717) is 0 Å². The molecule has 0 aliphatic heterocycles. The molecule has 0 radical (unpaired) electrons. The summed E-state index contributed by atoms with van der Waals surface area (Å²) in [5.74, 6) is -0.227. The van der Waals surface area contributed by atoms with Crippen molar-refractivity contribution in [1.29, 1.82) is 0 Å².